The number of phenols is 1. The Morgan fingerprint density at radius 1 is 0.672 bits per heavy atom. The number of thiazole rings is 1. The highest BCUT2D eigenvalue weighted by molar-refractivity contribution is 7.87. The minimum absolute atomic E-state index is 0.0329. The van der Waals surface area contributed by atoms with E-state index in [4.69, 9.17) is 4.74 Å². The third-order valence-electron chi connectivity index (χ3n) is 9.25. The van der Waals surface area contributed by atoms with Gasteiger partial charge in [0, 0.05) is 16.8 Å². The van der Waals surface area contributed by atoms with Crippen LogP contribution in [0.15, 0.2) is 124 Å². The van der Waals surface area contributed by atoms with Crippen molar-refractivity contribution in [2.24, 2.45) is 30.7 Å². The quantitative estimate of drug-likeness (QED) is 0.0280. The first kappa shape index (κ1) is 48.2. The van der Waals surface area contributed by atoms with Crippen molar-refractivity contribution >= 4 is 106 Å². The molecule has 30 heteroatoms. The summed E-state index contributed by atoms with van der Waals surface area (Å²) < 4.78 is 141. The van der Waals surface area contributed by atoms with E-state index in [1.807, 2.05) is 0 Å². The van der Waals surface area contributed by atoms with Crippen LogP contribution in [0.2, 0.25) is 0 Å². The number of ether oxygens (including phenoxy) is 1. The maximum Gasteiger partial charge on any atom is 0.297 e. The van der Waals surface area contributed by atoms with Crippen LogP contribution in [0.3, 0.4) is 0 Å². The largest absolute Gasteiger partial charge is 0.505 e. The predicted molar refractivity (Wildman–Crippen MR) is 236 cm³/mol. The van der Waals surface area contributed by atoms with Gasteiger partial charge in [-0.2, -0.15) is 43.5 Å². The molecule has 5 aromatic carbocycles. The zero-order chi connectivity index (χ0) is 48.6. The van der Waals surface area contributed by atoms with E-state index < -0.39 is 89.6 Å². The van der Waals surface area contributed by atoms with Crippen LogP contribution in [0.25, 0.3) is 26.7 Å². The van der Waals surface area contributed by atoms with Crippen molar-refractivity contribution in [2.75, 3.05) is 12.4 Å². The highest BCUT2D eigenvalue weighted by Gasteiger charge is 2.24. The van der Waals surface area contributed by atoms with Crippen molar-refractivity contribution in [3.8, 4) is 23.1 Å². The fourth-order valence-corrected chi connectivity index (χ4v) is 9.46. The number of aromatic nitrogens is 3. The molecule has 0 saturated heterocycles. The van der Waals surface area contributed by atoms with E-state index in [0.717, 1.165) is 29.1 Å². The maximum atomic E-state index is 12.8. The average molecular weight is 1020 g/mol. The topological polar surface area (TPSA) is 392 Å². The molecule has 0 atom stereocenters. The number of aliphatic hydroxyl groups excluding tert-OH is 1. The molecule has 7 N–H and O–H groups in total. The van der Waals surface area contributed by atoms with Gasteiger partial charge in [-0.1, -0.05) is 23.5 Å². The molecule has 0 aliphatic heterocycles. The summed E-state index contributed by atoms with van der Waals surface area (Å²) in [6, 6.07) is 14.6. The Morgan fingerprint density at radius 2 is 1.30 bits per heavy atom. The smallest absolute Gasteiger partial charge is 0.297 e. The van der Waals surface area contributed by atoms with E-state index in [9.17, 15) is 67.2 Å². The summed E-state index contributed by atoms with van der Waals surface area (Å²) in [5.41, 5.74) is 0.445. The summed E-state index contributed by atoms with van der Waals surface area (Å²) in [6.07, 6.45) is 0.724. The minimum atomic E-state index is -5.16. The van der Waals surface area contributed by atoms with Crippen molar-refractivity contribution < 1.29 is 71.9 Å². The van der Waals surface area contributed by atoms with Crippen LogP contribution in [-0.2, 0) is 47.1 Å². The molecule has 67 heavy (non-hydrogen) atoms. The van der Waals surface area contributed by atoms with Crippen molar-refractivity contribution in [1.82, 2.24) is 14.8 Å². The number of aliphatic hydroxyl groups is 1. The van der Waals surface area contributed by atoms with E-state index in [1.54, 1.807) is 25.1 Å². The molecule has 25 nitrogen and oxygen atoms in total. The van der Waals surface area contributed by atoms with E-state index in [2.05, 4.69) is 40.8 Å². The van der Waals surface area contributed by atoms with Gasteiger partial charge in [0.25, 0.3) is 40.5 Å². The molecular formula is C37H31N9O16S5. The van der Waals surface area contributed by atoms with Gasteiger partial charge in [-0.25, -0.2) is 4.98 Å². The lowest BCUT2D eigenvalue weighted by atomic mass is 10.1. The van der Waals surface area contributed by atoms with Gasteiger partial charge < -0.3 is 20.1 Å². The van der Waals surface area contributed by atoms with E-state index in [1.165, 1.54) is 29.5 Å². The molecule has 7 aromatic rings. The fourth-order valence-electron chi connectivity index (χ4n) is 6.14. The fraction of sp³-hybridized carbons (Fsp3) is 0.135. The second-order valence-electron chi connectivity index (χ2n) is 13.9. The second kappa shape index (κ2) is 18.5. The van der Waals surface area contributed by atoms with Gasteiger partial charge in [0.2, 0.25) is 11.0 Å². The average Bonchev–Trinajstić information content (AvgIpc) is 3.84. The lowest BCUT2D eigenvalue weighted by Crippen LogP contribution is -2.08. The number of hydrogen-bond donors (Lipinski definition) is 7. The van der Waals surface area contributed by atoms with Gasteiger partial charge in [-0.3, -0.25) is 18.2 Å². The summed E-state index contributed by atoms with van der Waals surface area (Å²) in [6.45, 7) is 1.30. The van der Waals surface area contributed by atoms with Crippen LogP contribution in [0.1, 0.15) is 17.5 Å². The van der Waals surface area contributed by atoms with E-state index in [0.29, 0.717) is 50.3 Å². The summed E-state index contributed by atoms with van der Waals surface area (Å²) in [4.78, 5) is 1.57. The minimum Gasteiger partial charge on any atom is -0.505 e. The van der Waals surface area contributed by atoms with Gasteiger partial charge in [0.1, 0.15) is 27.7 Å². The van der Waals surface area contributed by atoms with Crippen molar-refractivity contribution in [1.29, 1.82) is 0 Å². The Labute approximate surface area is 382 Å². The first-order valence-electron chi connectivity index (χ1n) is 18.5. The number of aromatic hydroxyl groups is 2. The van der Waals surface area contributed by atoms with Gasteiger partial charge in [-0.05, 0) is 79.1 Å². The number of nitrogens with zero attached hydrogens (tertiary/aromatic N) is 9. The third kappa shape index (κ3) is 11.1. The maximum absolute atomic E-state index is 12.8. The first-order valence-corrected chi connectivity index (χ1v) is 25.3. The molecule has 0 aliphatic carbocycles. The first-order chi connectivity index (χ1) is 31.4. The van der Waals surface area contributed by atoms with Gasteiger partial charge in [0.15, 0.2) is 11.4 Å². The lowest BCUT2D eigenvalue weighted by molar-refractivity contribution is 0.282. The Balaban J connectivity index is 1.20. The van der Waals surface area contributed by atoms with Crippen LogP contribution in [-0.4, -0.2) is 94.3 Å². The van der Waals surface area contributed by atoms with Crippen LogP contribution in [0.5, 0.6) is 17.4 Å². The summed E-state index contributed by atoms with van der Waals surface area (Å²) in [5.74, 6) is -2.11. The summed E-state index contributed by atoms with van der Waals surface area (Å²) in [7, 11) is -19.6. The zero-order valence-electron chi connectivity index (χ0n) is 33.7. The molecule has 2 heterocycles. The molecule has 2 aromatic heterocycles. The van der Waals surface area contributed by atoms with Gasteiger partial charge in [-0.15, -0.1) is 30.7 Å². The number of fused-ring (bicyclic) bond motifs is 2. The molecule has 0 fully saturated rings. The Morgan fingerprint density at radius 3 is 1.96 bits per heavy atom. The Bertz CT molecular complexity index is 3640. The molecule has 0 saturated carbocycles. The number of azo groups is 3. The Kier molecular flexibility index (Phi) is 13.3. The number of rotatable bonds is 16. The molecule has 7 rings (SSSR count). The van der Waals surface area contributed by atoms with E-state index in [-0.39, 0.29) is 47.5 Å². The number of benzene rings is 5. The highest BCUT2D eigenvalue weighted by atomic mass is 32.2. The van der Waals surface area contributed by atoms with Crippen molar-refractivity contribution in [2.45, 2.75) is 34.6 Å². The molecule has 0 unspecified atom stereocenters. The molecule has 0 radical (unpaired) electrons. The second-order valence-corrected chi connectivity index (χ2v) is 20.7. The number of aryl methyl sites for hydroxylation is 1. The number of hydrogen-bond acceptors (Lipinski definition) is 21. The Hall–Kier alpha value is -6.74. The molecular weight excluding hydrogens is 987 g/mol. The van der Waals surface area contributed by atoms with Crippen molar-refractivity contribution in [3.05, 3.63) is 90.1 Å². The summed E-state index contributed by atoms with van der Waals surface area (Å²) in [5, 5.41) is 59.6. The van der Waals surface area contributed by atoms with Gasteiger partial charge >= 0.3 is 0 Å². The standard InChI is InChI=1S/C37H31N9O16S5/c1-19-11-30(32(62-9-2-10-64(50,51)52)16-29(19)42-45-37-39-26-6-3-20(18-47)12-33(26)63-37)43-40-27-7-5-25-24(34(27)48)4-8-28(35(25)67(59,60)61)41-44-31-17-38-46(36(31)49)21-13-22(65(53,54)55)15-23(14-21)66(56,57)58/h3-8,11-17,47-49H,2,9-10,18H2,1H3,(H,50,51,52)(H,53,54,55)(H,56,57,58)(H,59,60,61). The molecule has 0 spiro atoms. The molecule has 0 amide bonds. The normalized spacial score (nSPS) is 13.0. The monoisotopic (exact) mass is 1020 g/mol. The molecule has 350 valence electrons. The zero-order valence-corrected chi connectivity index (χ0v) is 37.8. The number of phenolic OH excluding ortho intramolecular Hbond substituents is 1. The molecule has 0 aliphatic rings. The predicted octanol–water partition coefficient (Wildman–Crippen LogP) is 7.49. The van der Waals surface area contributed by atoms with Crippen molar-refractivity contribution in [3.63, 3.8) is 0 Å². The van der Waals surface area contributed by atoms with Crippen LogP contribution >= 0.6 is 11.3 Å². The van der Waals surface area contributed by atoms with Crippen LogP contribution in [0, 0.1) is 6.92 Å². The van der Waals surface area contributed by atoms with Gasteiger partial charge in [0.05, 0.1) is 56.5 Å². The molecule has 0 bridgehead atoms. The highest BCUT2D eigenvalue weighted by Crippen LogP contribution is 2.44. The lowest BCUT2D eigenvalue weighted by Gasteiger charge is -2.11. The van der Waals surface area contributed by atoms with Crippen LogP contribution < -0.4 is 4.74 Å². The SMILES string of the molecule is Cc1cc(N=Nc2ccc3c(S(=O)(=O)O)c(N=Nc4cnn(-c5cc(S(=O)(=O)O)cc(S(=O)(=O)O)c5)c4O)ccc3c2O)c(OCCCS(=O)(=O)O)cc1N=Nc1nc2ccc(CO)cc2s1. The van der Waals surface area contributed by atoms with Crippen LogP contribution in [0.4, 0.5) is 33.6 Å². The van der Waals surface area contributed by atoms with E-state index >= 15 is 0 Å². The third-order valence-corrected chi connectivity index (χ3v) is 13.6. The summed E-state index contributed by atoms with van der Waals surface area (Å²) >= 11 is 1.23.